The number of hydrogen-bond donors (Lipinski definition) is 0. The smallest absolute Gasteiger partial charge is 0.288 e. The van der Waals surface area contributed by atoms with Gasteiger partial charge < -0.3 is 9.64 Å². The molecule has 0 amide bonds. The summed E-state index contributed by atoms with van der Waals surface area (Å²) in [5.41, 5.74) is 4.27. The highest BCUT2D eigenvalue weighted by Gasteiger charge is 2.41. The van der Waals surface area contributed by atoms with Crippen LogP contribution in [0.4, 0.5) is 0 Å². The van der Waals surface area contributed by atoms with Crippen LogP contribution in [0.2, 0.25) is 0 Å². The highest BCUT2D eigenvalue weighted by Crippen LogP contribution is 2.33. The number of ether oxygens (including phenoxy) is 1. The van der Waals surface area contributed by atoms with Crippen molar-refractivity contribution in [3.8, 4) is 0 Å². The van der Waals surface area contributed by atoms with Gasteiger partial charge in [0, 0.05) is 32.7 Å². The maximum Gasteiger partial charge on any atom is 0.288 e. The molecule has 0 N–H and O–H groups in total. The zero-order chi connectivity index (χ0) is 18.1. The van der Waals surface area contributed by atoms with E-state index in [0.29, 0.717) is 0 Å². The summed E-state index contributed by atoms with van der Waals surface area (Å²) >= 11 is 0. The van der Waals surface area contributed by atoms with E-state index in [1.807, 2.05) is 0 Å². The molecule has 5 rings (SSSR count). The third kappa shape index (κ3) is 3.46. The minimum atomic E-state index is -0.000510. The van der Waals surface area contributed by atoms with Crippen LogP contribution < -0.4 is 0 Å². The molecule has 4 heteroatoms. The maximum atomic E-state index is 6.11. The molecule has 2 aromatic rings. The van der Waals surface area contributed by atoms with Crippen LogP contribution in [0.25, 0.3) is 0 Å². The van der Waals surface area contributed by atoms with E-state index in [1.54, 1.807) is 0 Å². The number of piperidine rings is 1. The molecule has 140 valence electrons. The summed E-state index contributed by atoms with van der Waals surface area (Å²) in [6.07, 6.45) is 3.26. The Bertz CT molecular complexity index is 825. The van der Waals surface area contributed by atoms with E-state index in [1.165, 1.54) is 16.7 Å². The molecular weight excluding hydrogens is 334 g/mol. The quantitative estimate of drug-likeness (QED) is 0.820. The Balaban J connectivity index is 1.22. The molecule has 2 aromatic carbocycles. The minimum absolute atomic E-state index is 0.000510. The summed E-state index contributed by atoms with van der Waals surface area (Å²) in [6, 6.07) is 20.4. The van der Waals surface area contributed by atoms with Crippen molar-refractivity contribution in [3.63, 3.8) is 0 Å². The Kier molecular flexibility index (Phi) is 4.36. The summed E-state index contributed by atoms with van der Waals surface area (Å²) in [7, 11) is 0. The highest BCUT2D eigenvalue weighted by molar-refractivity contribution is 5.76. The van der Waals surface area contributed by atoms with Gasteiger partial charge in [-0.15, -0.1) is 0 Å². The average molecular weight is 361 g/mol. The number of benzene rings is 2. The van der Waals surface area contributed by atoms with Gasteiger partial charge >= 0.3 is 0 Å². The lowest BCUT2D eigenvalue weighted by molar-refractivity contribution is 0.126. The zero-order valence-electron chi connectivity index (χ0n) is 15.8. The van der Waals surface area contributed by atoms with Gasteiger partial charge in [-0.1, -0.05) is 54.6 Å². The Hall–Kier alpha value is -2.33. The molecule has 0 unspecified atom stereocenters. The van der Waals surface area contributed by atoms with Gasteiger partial charge in [-0.3, -0.25) is 4.90 Å². The average Bonchev–Trinajstić information content (AvgIpc) is 3.14. The van der Waals surface area contributed by atoms with Crippen LogP contribution in [0.15, 0.2) is 59.6 Å². The summed E-state index contributed by atoms with van der Waals surface area (Å²) in [5.74, 6) is 0. The first-order valence-corrected chi connectivity index (χ1v) is 10.1. The molecule has 0 aliphatic carbocycles. The lowest BCUT2D eigenvalue weighted by Crippen LogP contribution is -2.43. The van der Waals surface area contributed by atoms with Crippen molar-refractivity contribution in [3.05, 3.63) is 71.3 Å². The van der Waals surface area contributed by atoms with Crippen LogP contribution in [0.5, 0.6) is 0 Å². The van der Waals surface area contributed by atoms with Gasteiger partial charge in [0.2, 0.25) is 0 Å². The first-order chi connectivity index (χ1) is 13.3. The topological polar surface area (TPSA) is 28.1 Å². The number of rotatable bonds is 2. The predicted molar refractivity (Wildman–Crippen MR) is 108 cm³/mol. The number of nitrogens with zero attached hydrogens (tertiary/aromatic N) is 3. The van der Waals surface area contributed by atoms with Crippen molar-refractivity contribution >= 4 is 6.02 Å². The Morgan fingerprint density at radius 2 is 1.63 bits per heavy atom. The summed E-state index contributed by atoms with van der Waals surface area (Å²) < 4.78 is 6.11. The van der Waals surface area contributed by atoms with Gasteiger partial charge in [-0.25, -0.2) is 4.99 Å². The third-order valence-electron chi connectivity index (χ3n) is 6.24. The van der Waals surface area contributed by atoms with Crippen LogP contribution in [-0.2, 0) is 24.2 Å². The van der Waals surface area contributed by atoms with E-state index in [4.69, 9.17) is 9.73 Å². The molecule has 3 aliphatic heterocycles. The van der Waals surface area contributed by atoms with Gasteiger partial charge in [0.05, 0.1) is 0 Å². The van der Waals surface area contributed by atoms with Crippen LogP contribution in [0.1, 0.15) is 29.5 Å². The third-order valence-corrected chi connectivity index (χ3v) is 6.24. The van der Waals surface area contributed by atoms with E-state index in [2.05, 4.69) is 64.4 Å². The molecule has 4 nitrogen and oxygen atoms in total. The van der Waals surface area contributed by atoms with Gasteiger partial charge in [-0.2, -0.15) is 0 Å². The Morgan fingerprint density at radius 3 is 2.44 bits per heavy atom. The second-order valence-corrected chi connectivity index (χ2v) is 8.11. The van der Waals surface area contributed by atoms with Gasteiger partial charge in [0.25, 0.3) is 6.02 Å². The van der Waals surface area contributed by atoms with E-state index in [-0.39, 0.29) is 5.54 Å². The molecule has 0 saturated carbocycles. The lowest BCUT2D eigenvalue weighted by atomic mass is 9.89. The van der Waals surface area contributed by atoms with E-state index < -0.39 is 0 Å². The fraction of sp³-hybridized carbons (Fsp3) is 0.435. The van der Waals surface area contributed by atoms with Crippen molar-refractivity contribution in [1.29, 1.82) is 0 Å². The molecule has 1 saturated heterocycles. The van der Waals surface area contributed by atoms with E-state index >= 15 is 0 Å². The molecule has 1 fully saturated rings. The van der Waals surface area contributed by atoms with Crippen LogP contribution >= 0.6 is 0 Å². The van der Waals surface area contributed by atoms with Crippen molar-refractivity contribution in [2.24, 2.45) is 4.99 Å². The molecule has 0 aromatic heterocycles. The summed E-state index contributed by atoms with van der Waals surface area (Å²) in [4.78, 5) is 9.98. The molecule has 0 radical (unpaired) electrons. The largest absolute Gasteiger partial charge is 0.463 e. The first kappa shape index (κ1) is 16.8. The van der Waals surface area contributed by atoms with Gasteiger partial charge in [0.1, 0.15) is 12.1 Å². The van der Waals surface area contributed by atoms with E-state index in [0.717, 1.165) is 64.6 Å². The van der Waals surface area contributed by atoms with Gasteiger partial charge in [0.15, 0.2) is 0 Å². The van der Waals surface area contributed by atoms with Crippen LogP contribution in [0, 0.1) is 0 Å². The monoisotopic (exact) mass is 361 g/mol. The SMILES string of the molecule is c1ccc(CN2CCC3(CC2)COC(N2CCc4ccccc4C2)=N3)cc1. The maximum absolute atomic E-state index is 6.11. The first-order valence-electron chi connectivity index (χ1n) is 10.1. The lowest BCUT2D eigenvalue weighted by Gasteiger charge is -2.36. The predicted octanol–water partition coefficient (Wildman–Crippen LogP) is 3.47. The molecule has 3 aliphatic rings. The molecule has 1 spiro atoms. The second kappa shape index (κ2) is 7.01. The van der Waals surface area contributed by atoms with Crippen molar-refractivity contribution in [2.75, 3.05) is 26.2 Å². The number of fused-ring (bicyclic) bond motifs is 1. The number of amidine groups is 1. The summed E-state index contributed by atoms with van der Waals surface area (Å²) in [6.45, 7) is 5.91. The Morgan fingerprint density at radius 1 is 0.889 bits per heavy atom. The minimum Gasteiger partial charge on any atom is -0.463 e. The zero-order valence-corrected chi connectivity index (χ0v) is 15.8. The molecule has 3 heterocycles. The van der Waals surface area contributed by atoms with Crippen LogP contribution in [-0.4, -0.2) is 47.6 Å². The molecule has 0 bridgehead atoms. The Labute approximate surface area is 161 Å². The fourth-order valence-corrected chi connectivity index (χ4v) is 4.51. The van der Waals surface area contributed by atoms with Crippen molar-refractivity contribution in [1.82, 2.24) is 9.80 Å². The van der Waals surface area contributed by atoms with Crippen LogP contribution in [0.3, 0.4) is 0 Å². The van der Waals surface area contributed by atoms with E-state index in [9.17, 15) is 0 Å². The molecular formula is C23H27N3O. The number of aliphatic imine (C=N–C) groups is 1. The molecule has 27 heavy (non-hydrogen) atoms. The standard InChI is InChI=1S/C23H27N3O/c1-2-6-19(7-3-1)16-25-14-11-23(12-15-25)18-27-22(24-23)26-13-10-20-8-4-5-9-21(20)17-26/h1-9H,10-18H2. The number of likely N-dealkylation sites (tertiary alicyclic amines) is 1. The highest BCUT2D eigenvalue weighted by atomic mass is 16.5. The normalized spacial score (nSPS) is 21.6. The van der Waals surface area contributed by atoms with Crippen molar-refractivity contribution < 1.29 is 4.74 Å². The number of hydrogen-bond acceptors (Lipinski definition) is 4. The molecule has 0 atom stereocenters. The summed E-state index contributed by atoms with van der Waals surface area (Å²) in [5, 5.41) is 0. The van der Waals surface area contributed by atoms with Crippen molar-refractivity contribution in [2.45, 2.75) is 37.9 Å². The second-order valence-electron chi connectivity index (χ2n) is 8.11. The van der Waals surface area contributed by atoms with Gasteiger partial charge in [-0.05, 0) is 36.0 Å². The fourth-order valence-electron chi connectivity index (χ4n) is 4.51.